The zero-order valence-electron chi connectivity index (χ0n) is 11.5. The summed E-state index contributed by atoms with van der Waals surface area (Å²) in [7, 11) is 1.99. The molecule has 98 valence electrons. The average molecular weight is 238 g/mol. The van der Waals surface area contributed by atoms with Crippen molar-refractivity contribution in [2.75, 3.05) is 20.1 Å². The molecule has 1 aliphatic heterocycles. The van der Waals surface area contributed by atoms with Crippen molar-refractivity contribution in [3.63, 3.8) is 0 Å². The van der Waals surface area contributed by atoms with Crippen LogP contribution in [0.3, 0.4) is 0 Å². The molecule has 2 rings (SSSR count). The van der Waals surface area contributed by atoms with Gasteiger partial charge in [-0.2, -0.15) is 0 Å². The Labute approximate surface area is 105 Å². The van der Waals surface area contributed by atoms with Gasteiger partial charge >= 0.3 is 0 Å². The summed E-state index contributed by atoms with van der Waals surface area (Å²) in [6, 6.07) is 0.512. The standard InChI is InChI=1S/C14H26N2O/c1-14(2,11-6-5-9-15-10-11)13(17)16(3)12-7-4-8-12/h11-12,15H,4-10H2,1-3H3. The van der Waals surface area contributed by atoms with E-state index in [0.29, 0.717) is 17.9 Å². The maximum atomic E-state index is 12.6. The van der Waals surface area contributed by atoms with E-state index in [4.69, 9.17) is 0 Å². The van der Waals surface area contributed by atoms with Gasteiger partial charge in [0, 0.05) is 18.5 Å². The summed E-state index contributed by atoms with van der Waals surface area (Å²) in [4.78, 5) is 14.6. The minimum atomic E-state index is -0.211. The Hall–Kier alpha value is -0.570. The van der Waals surface area contributed by atoms with Gasteiger partial charge in [0.2, 0.25) is 5.91 Å². The maximum Gasteiger partial charge on any atom is 0.228 e. The van der Waals surface area contributed by atoms with Crippen LogP contribution in [0.1, 0.15) is 46.0 Å². The summed E-state index contributed by atoms with van der Waals surface area (Å²) in [5.74, 6) is 0.835. The van der Waals surface area contributed by atoms with Crippen LogP contribution in [-0.2, 0) is 4.79 Å². The van der Waals surface area contributed by atoms with E-state index in [2.05, 4.69) is 19.2 Å². The minimum absolute atomic E-state index is 0.211. The summed E-state index contributed by atoms with van der Waals surface area (Å²) in [6.45, 7) is 6.36. The van der Waals surface area contributed by atoms with Crippen LogP contribution >= 0.6 is 0 Å². The second kappa shape index (κ2) is 4.97. The number of hydrogen-bond donors (Lipinski definition) is 1. The highest BCUT2D eigenvalue weighted by Crippen LogP contribution is 2.35. The molecule has 2 fully saturated rings. The van der Waals surface area contributed by atoms with Crippen LogP contribution in [0.4, 0.5) is 0 Å². The van der Waals surface area contributed by atoms with Crippen LogP contribution in [0.5, 0.6) is 0 Å². The van der Waals surface area contributed by atoms with Gasteiger partial charge in [0.1, 0.15) is 0 Å². The number of carbonyl (C=O) groups excluding carboxylic acids is 1. The molecule has 3 heteroatoms. The molecular weight excluding hydrogens is 212 g/mol. The van der Waals surface area contributed by atoms with Gasteiger partial charge in [-0.3, -0.25) is 4.79 Å². The van der Waals surface area contributed by atoms with Gasteiger partial charge in [-0.15, -0.1) is 0 Å². The molecule has 2 aliphatic rings. The van der Waals surface area contributed by atoms with Gasteiger partial charge in [0.05, 0.1) is 0 Å². The van der Waals surface area contributed by atoms with E-state index in [1.54, 1.807) is 0 Å². The first-order valence-corrected chi connectivity index (χ1v) is 7.01. The first kappa shape index (κ1) is 12.9. The molecule has 1 heterocycles. The predicted molar refractivity (Wildman–Crippen MR) is 69.8 cm³/mol. The third-order valence-electron chi connectivity index (χ3n) is 4.81. The van der Waals surface area contributed by atoms with E-state index in [1.807, 2.05) is 11.9 Å². The van der Waals surface area contributed by atoms with E-state index >= 15 is 0 Å². The fraction of sp³-hybridized carbons (Fsp3) is 0.929. The molecule has 1 aliphatic carbocycles. The number of carbonyl (C=O) groups is 1. The summed E-state index contributed by atoms with van der Waals surface area (Å²) >= 11 is 0. The molecule has 3 nitrogen and oxygen atoms in total. The van der Waals surface area contributed by atoms with Crippen LogP contribution in [0.15, 0.2) is 0 Å². The van der Waals surface area contributed by atoms with Gasteiger partial charge in [-0.25, -0.2) is 0 Å². The third kappa shape index (κ3) is 2.49. The molecule has 1 N–H and O–H groups in total. The molecule has 1 amide bonds. The Balaban J connectivity index is 1.99. The quantitative estimate of drug-likeness (QED) is 0.816. The molecule has 0 aromatic heterocycles. The lowest BCUT2D eigenvalue weighted by Crippen LogP contribution is -2.51. The number of amides is 1. The molecule has 1 saturated heterocycles. The lowest BCUT2D eigenvalue weighted by molar-refractivity contribution is -0.146. The summed E-state index contributed by atoms with van der Waals surface area (Å²) in [6.07, 6.45) is 6.06. The first-order valence-electron chi connectivity index (χ1n) is 7.01. The highest BCUT2D eigenvalue weighted by Gasteiger charge is 2.41. The number of hydrogen-bond acceptors (Lipinski definition) is 2. The molecule has 0 aromatic rings. The van der Waals surface area contributed by atoms with E-state index in [9.17, 15) is 4.79 Å². The first-order chi connectivity index (χ1) is 8.03. The molecule has 1 saturated carbocycles. The Bertz CT molecular complexity index is 278. The average Bonchev–Trinajstić information content (AvgIpc) is 2.26. The van der Waals surface area contributed by atoms with Gasteiger partial charge in [0.15, 0.2) is 0 Å². The predicted octanol–water partition coefficient (Wildman–Crippen LogP) is 2.02. The molecule has 1 unspecified atom stereocenters. The molecule has 17 heavy (non-hydrogen) atoms. The Morgan fingerprint density at radius 2 is 1.94 bits per heavy atom. The van der Waals surface area contributed by atoms with Gasteiger partial charge in [-0.1, -0.05) is 13.8 Å². The van der Waals surface area contributed by atoms with Crippen molar-refractivity contribution in [1.29, 1.82) is 0 Å². The summed E-state index contributed by atoms with van der Waals surface area (Å²) in [5, 5.41) is 3.42. The third-order valence-corrected chi connectivity index (χ3v) is 4.81. The summed E-state index contributed by atoms with van der Waals surface area (Å²) < 4.78 is 0. The molecule has 0 radical (unpaired) electrons. The second-order valence-corrected chi connectivity index (χ2v) is 6.27. The van der Waals surface area contributed by atoms with E-state index in [-0.39, 0.29) is 5.41 Å². The van der Waals surface area contributed by atoms with Crippen molar-refractivity contribution >= 4 is 5.91 Å². The van der Waals surface area contributed by atoms with Crippen molar-refractivity contribution in [3.8, 4) is 0 Å². The van der Waals surface area contributed by atoms with Crippen LogP contribution in [-0.4, -0.2) is 37.0 Å². The summed E-state index contributed by atoms with van der Waals surface area (Å²) in [5.41, 5.74) is -0.211. The second-order valence-electron chi connectivity index (χ2n) is 6.27. The van der Waals surface area contributed by atoms with Gasteiger partial charge < -0.3 is 10.2 Å². The highest BCUT2D eigenvalue weighted by molar-refractivity contribution is 5.82. The van der Waals surface area contributed by atoms with Crippen molar-refractivity contribution in [2.24, 2.45) is 11.3 Å². The molecule has 0 aromatic carbocycles. The zero-order valence-corrected chi connectivity index (χ0v) is 11.5. The van der Waals surface area contributed by atoms with Crippen molar-refractivity contribution in [1.82, 2.24) is 10.2 Å². The van der Waals surface area contributed by atoms with Gasteiger partial charge in [0.25, 0.3) is 0 Å². The number of piperidine rings is 1. The molecule has 0 bridgehead atoms. The smallest absolute Gasteiger partial charge is 0.228 e. The van der Waals surface area contributed by atoms with Crippen molar-refractivity contribution in [2.45, 2.75) is 52.0 Å². The Kier molecular flexibility index (Phi) is 3.76. The zero-order chi connectivity index (χ0) is 12.5. The van der Waals surface area contributed by atoms with Gasteiger partial charge in [-0.05, 0) is 51.1 Å². The lowest BCUT2D eigenvalue weighted by atomic mass is 9.73. The molecular formula is C14H26N2O. The van der Waals surface area contributed by atoms with Crippen molar-refractivity contribution < 1.29 is 4.79 Å². The number of nitrogens with one attached hydrogen (secondary N) is 1. The van der Waals surface area contributed by atoms with E-state index in [1.165, 1.54) is 32.1 Å². The fourth-order valence-corrected chi connectivity index (χ4v) is 3.04. The molecule has 1 atom stereocenters. The van der Waals surface area contributed by atoms with E-state index < -0.39 is 0 Å². The SMILES string of the molecule is CN(C(=O)C(C)(C)C1CCCNC1)C1CCC1. The number of rotatable bonds is 3. The largest absolute Gasteiger partial charge is 0.342 e. The van der Waals surface area contributed by atoms with Crippen LogP contribution < -0.4 is 5.32 Å². The maximum absolute atomic E-state index is 12.6. The monoisotopic (exact) mass is 238 g/mol. The van der Waals surface area contributed by atoms with Crippen LogP contribution in [0.25, 0.3) is 0 Å². The Morgan fingerprint density at radius 3 is 2.41 bits per heavy atom. The lowest BCUT2D eigenvalue weighted by Gasteiger charge is -2.43. The number of nitrogens with zero attached hydrogens (tertiary/aromatic N) is 1. The Morgan fingerprint density at radius 1 is 1.24 bits per heavy atom. The fourth-order valence-electron chi connectivity index (χ4n) is 3.04. The highest BCUT2D eigenvalue weighted by atomic mass is 16.2. The minimum Gasteiger partial charge on any atom is -0.342 e. The van der Waals surface area contributed by atoms with E-state index in [0.717, 1.165) is 13.1 Å². The van der Waals surface area contributed by atoms with Crippen LogP contribution in [0, 0.1) is 11.3 Å². The van der Waals surface area contributed by atoms with Crippen molar-refractivity contribution in [3.05, 3.63) is 0 Å². The molecule has 0 spiro atoms. The topological polar surface area (TPSA) is 32.3 Å². The normalized spacial score (nSPS) is 26.4. The van der Waals surface area contributed by atoms with Crippen LogP contribution in [0.2, 0.25) is 0 Å².